The Hall–Kier alpha value is -1.39. The van der Waals surface area contributed by atoms with Crippen molar-refractivity contribution in [2.24, 2.45) is 7.05 Å². The first-order valence-corrected chi connectivity index (χ1v) is 7.61. The summed E-state index contributed by atoms with van der Waals surface area (Å²) in [6, 6.07) is 5.69. The minimum atomic E-state index is 0.326. The number of nitrogens with zero attached hydrogens (tertiary/aromatic N) is 2. The molecule has 0 amide bonds. The van der Waals surface area contributed by atoms with Crippen LogP contribution < -0.4 is 9.47 Å². The molecule has 0 aliphatic rings. The van der Waals surface area contributed by atoms with Gasteiger partial charge in [-0.15, -0.1) is 11.6 Å². The van der Waals surface area contributed by atoms with Crippen LogP contribution >= 0.6 is 23.2 Å². The molecule has 0 radical (unpaired) electrons. The van der Waals surface area contributed by atoms with Crippen LogP contribution in [0.5, 0.6) is 11.5 Å². The predicted molar refractivity (Wildman–Crippen MR) is 84.5 cm³/mol. The zero-order valence-corrected chi connectivity index (χ0v) is 13.8. The molecule has 0 aliphatic carbocycles. The second-order valence-corrected chi connectivity index (χ2v) is 5.20. The Morgan fingerprint density at radius 1 is 1.29 bits per heavy atom. The van der Waals surface area contributed by atoms with Gasteiger partial charge in [0, 0.05) is 18.2 Å². The maximum atomic E-state index is 6.22. The van der Waals surface area contributed by atoms with Crippen LogP contribution in [0.15, 0.2) is 18.2 Å². The standard InChI is InChI=1S/C15H18Cl2N2O2/c1-4-20-13-7-5-6-11(8-16)14(13)21-9-12-10(2)18-19(3)15(12)17/h5-7H,4,8-9H2,1-3H3. The van der Waals surface area contributed by atoms with Gasteiger partial charge in [0.05, 0.1) is 18.2 Å². The summed E-state index contributed by atoms with van der Waals surface area (Å²) >= 11 is 12.2. The van der Waals surface area contributed by atoms with Crippen LogP contribution in [0.1, 0.15) is 23.7 Å². The van der Waals surface area contributed by atoms with Gasteiger partial charge in [0.15, 0.2) is 11.5 Å². The van der Waals surface area contributed by atoms with E-state index in [4.69, 9.17) is 32.7 Å². The predicted octanol–water partition coefficient (Wildman–Crippen LogP) is 4.10. The fraction of sp³-hybridized carbons (Fsp3) is 0.400. The van der Waals surface area contributed by atoms with Crippen molar-refractivity contribution in [1.82, 2.24) is 9.78 Å². The van der Waals surface area contributed by atoms with E-state index in [-0.39, 0.29) is 0 Å². The maximum absolute atomic E-state index is 6.22. The summed E-state index contributed by atoms with van der Waals surface area (Å²) in [5.74, 6) is 1.71. The molecule has 6 heteroatoms. The lowest BCUT2D eigenvalue weighted by atomic mass is 10.2. The third kappa shape index (κ3) is 3.44. The number of para-hydroxylation sites is 1. The third-order valence-electron chi connectivity index (χ3n) is 3.13. The van der Waals surface area contributed by atoms with Gasteiger partial charge < -0.3 is 9.47 Å². The first-order chi connectivity index (χ1) is 10.1. The number of ether oxygens (including phenoxy) is 2. The molecule has 0 N–H and O–H groups in total. The van der Waals surface area contributed by atoms with Gasteiger partial charge in [-0.3, -0.25) is 4.68 Å². The fourth-order valence-electron chi connectivity index (χ4n) is 2.08. The quantitative estimate of drug-likeness (QED) is 0.749. The largest absolute Gasteiger partial charge is 0.490 e. The van der Waals surface area contributed by atoms with E-state index in [1.165, 1.54) is 0 Å². The molecule has 1 aromatic heterocycles. The summed E-state index contributed by atoms with van der Waals surface area (Å²) in [7, 11) is 1.80. The monoisotopic (exact) mass is 328 g/mol. The minimum Gasteiger partial charge on any atom is -0.490 e. The number of aromatic nitrogens is 2. The lowest BCUT2D eigenvalue weighted by Crippen LogP contribution is -2.03. The maximum Gasteiger partial charge on any atom is 0.166 e. The number of benzene rings is 1. The van der Waals surface area contributed by atoms with Gasteiger partial charge in [-0.25, -0.2) is 0 Å². The summed E-state index contributed by atoms with van der Waals surface area (Å²) in [5.41, 5.74) is 2.61. The Labute approximate surface area is 134 Å². The molecule has 114 valence electrons. The van der Waals surface area contributed by atoms with E-state index >= 15 is 0 Å². The lowest BCUT2D eigenvalue weighted by molar-refractivity contribution is 0.267. The highest BCUT2D eigenvalue weighted by Gasteiger charge is 2.15. The molecule has 1 aromatic carbocycles. The zero-order valence-electron chi connectivity index (χ0n) is 12.3. The second-order valence-electron chi connectivity index (χ2n) is 4.58. The number of halogens is 2. The molecule has 21 heavy (non-hydrogen) atoms. The van der Waals surface area contributed by atoms with Crippen molar-refractivity contribution in [1.29, 1.82) is 0 Å². The number of aryl methyl sites for hydroxylation is 2. The van der Waals surface area contributed by atoms with Crippen molar-refractivity contribution in [2.75, 3.05) is 6.61 Å². The Morgan fingerprint density at radius 2 is 2.05 bits per heavy atom. The molecule has 4 nitrogen and oxygen atoms in total. The SMILES string of the molecule is CCOc1cccc(CCl)c1OCc1c(C)nn(C)c1Cl. The molecule has 0 fully saturated rings. The Balaban J connectivity index is 2.26. The molecule has 0 atom stereocenters. The molecule has 2 aromatic rings. The Morgan fingerprint density at radius 3 is 2.62 bits per heavy atom. The van der Waals surface area contributed by atoms with E-state index in [9.17, 15) is 0 Å². The molecule has 0 bridgehead atoms. The first kappa shape index (κ1) is 16.0. The van der Waals surface area contributed by atoms with Gasteiger partial charge in [0.25, 0.3) is 0 Å². The van der Waals surface area contributed by atoms with Crippen LogP contribution in [-0.4, -0.2) is 16.4 Å². The third-order valence-corrected chi connectivity index (χ3v) is 3.90. The number of alkyl halides is 1. The average Bonchev–Trinajstić information content (AvgIpc) is 2.71. The minimum absolute atomic E-state index is 0.326. The highest BCUT2D eigenvalue weighted by Crippen LogP contribution is 2.33. The van der Waals surface area contributed by atoms with Gasteiger partial charge in [0.1, 0.15) is 11.8 Å². The molecular formula is C15H18Cl2N2O2. The summed E-state index contributed by atoms with van der Waals surface area (Å²) < 4.78 is 13.2. The van der Waals surface area contributed by atoms with Crippen LogP contribution in [-0.2, 0) is 19.5 Å². The van der Waals surface area contributed by atoms with Crippen LogP contribution in [0.2, 0.25) is 5.15 Å². The summed E-state index contributed by atoms with van der Waals surface area (Å²) in [4.78, 5) is 0. The molecule has 0 aliphatic heterocycles. The van der Waals surface area contributed by atoms with E-state index in [2.05, 4.69) is 5.10 Å². The Kier molecular flexibility index (Phi) is 5.37. The summed E-state index contributed by atoms with van der Waals surface area (Å²) in [6.45, 7) is 4.72. The van der Waals surface area contributed by atoms with E-state index in [1.807, 2.05) is 32.0 Å². The van der Waals surface area contributed by atoms with Gasteiger partial charge in [-0.1, -0.05) is 23.7 Å². The van der Waals surface area contributed by atoms with Crippen molar-refractivity contribution in [3.8, 4) is 11.5 Å². The highest BCUT2D eigenvalue weighted by molar-refractivity contribution is 6.30. The number of hydrogen-bond donors (Lipinski definition) is 0. The Bertz CT molecular complexity index is 626. The molecule has 0 saturated heterocycles. The van der Waals surface area contributed by atoms with Crippen molar-refractivity contribution in [3.05, 3.63) is 40.2 Å². The van der Waals surface area contributed by atoms with Crippen LogP contribution in [0, 0.1) is 6.92 Å². The second kappa shape index (κ2) is 7.05. The molecular weight excluding hydrogens is 311 g/mol. The normalized spacial score (nSPS) is 10.7. The van der Waals surface area contributed by atoms with Gasteiger partial charge in [0.2, 0.25) is 0 Å². The zero-order chi connectivity index (χ0) is 15.4. The van der Waals surface area contributed by atoms with Crippen molar-refractivity contribution in [2.45, 2.75) is 26.3 Å². The van der Waals surface area contributed by atoms with E-state index in [0.29, 0.717) is 35.7 Å². The van der Waals surface area contributed by atoms with E-state index < -0.39 is 0 Å². The van der Waals surface area contributed by atoms with E-state index in [0.717, 1.165) is 16.8 Å². The molecule has 0 spiro atoms. The molecule has 0 saturated carbocycles. The van der Waals surface area contributed by atoms with Crippen LogP contribution in [0.25, 0.3) is 0 Å². The fourth-order valence-corrected chi connectivity index (χ4v) is 2.52. The first-order valence-electron chi connectivity index (χ1n) is 6.69. The number of rotatable bonds is 6. The molecule has 0 unspecified atom stereocenters. The van der Waals surface area contributed by atoms with Crippen molar-refractivity contribution in [3.63, 3.8) is 0 Å². The van der Waals surface area contributed by atoms with Crippen molar-refractivity contribution >= 4 is 23.2 Å². The highest BCUT2D eigenvalue weighted by atomic mass is 35.5. The average molecular weight is 329 g/mol. The van der Waals surface area contributed by atoms with Gasteiger partial charge >= 0.3 is 0 Å². The van der Waals surface area contributed by atoms with E-state index in [1.54, 1.807) is 11.7 Å². The van der Waals surface area contributed by atoms with Gasteiger partial charge in [-0.2, -0.15) is 5.10 Å². The summed E-state index contributed by atoms with van der Waals surface area (Å²) in [6.07, 6.45) is 0. The molecule has 2 rings (SSSR count). The molecule has 1 heterocycles. The topological polar surface area (TPSA) is 36.3 Å². The van der Waals surface area contributed by atoms with Crippen LogP contribution in [0.4, 0.5) is 0 Å². The van der Waals surface area contributed by atoms with Gasteiger partial charge in [-0.05, 0) is 19.9 Å². The van der Waals surface area contributed by atoms with Crippen LogP contribution in [0.3, 0.4) is 0 Å². The van der Waals surface area contributed by atoms with Crippen molar-refractivity contribution < 1.29 is 9.47 Å². The number of hydrogen-bond acceptors (Lipinski definition) is 3. The smallest absolute Gasteiger partial charge is 0.166 e. The lowest BCUT2D eigenvalue weighted by Gasteiger charge is -2.15. The summed E-state index contributed by atoms with van der Waals surface area (Å²) in [5, 5.41) is 4.85.